The molecule has 1 N–H and O–H groups in total. The first-order chi connectivity index (χ1) is 8.70. The van der Waals surface area contributed by atoms with Gasteiger partial charge in [-0.05, 0) is 30.7 Å². The van der Waals surface area contributed by atoms with E-state index >= 15 is 0 Å². The number of ether oxygens (including phenoxy) is 1. The number of rotatable bonds is 4. The van der Waals surface area contributed by atoms with E-state index in [0.29, 0.717) is 17.4 Å². The summed E-state index contributed by atoms with van der Waals surface area (Å²) in [7, 11) is 0. The molecule has 0 saturated heterocycles. The fourth-order valence-electron chi connectivity index (χ4n) is 1.37. The van der Waals surface area contributed by atoms with Crippen LogP contribution in [0.1, 0.15) is 6.92 Å². The molecule has 4 nitrogen and oxygen atoms in total. The van der Waals surface area contributed by atoms with Gasteiger partial charge in [-0.25, -0.2) is 0 Å². The average molecular weight is 284 g/mol. The zero-order valence-electron chi connectivity index (χ0n) is 9.65. The van der Waals surface area contributed by atoms with Crippen LogP contribution in [0.5, 0.6) is 5.88 Å². The molecule has 1 heterocycles. The van der Waals surface area contributed by atoms with Crippen molar-refractivity contribution in [1.29, 1.82) is 0 Å². The van der Waals surface area contributed by atoms with Crippen LogP contribution in [0.2, 0.25) is 10.3 Å². The first kappa shape index (κ1) is 12.9. The number of para-hydroxylation sites is 1. The lowest BCUT2D eigenvalue weighted by molar-refractivity contribution is 0.326. The van der Waals surface area contributed by atoms with Gasteiger partial charge in [0.05, 0.1) is 6.61 Å². The first-order valence-electron chi connectivity index (χ1n) is 5.38. The van der Waals surface area contributed by atoms with Crippen molar-refractivity contribution in [1.82, 2.24) is 9.97 Å². The Hall–Kier alpha value is -1.52. The smallest absolute Gasteiger partial charge is 0.239 e. The van der Waals surface area contributed by atoms with Crippen LogP contribution >= 0.6 is 23.2 Å². The predicted molar refractivity (Wildman–Crippen MR) is 72.9 cm³/mol. The first-order valence-corrected chi connectivity index (χ1v) is 6.14. The minimum atomic E-state index is 0.0845. The fraction of sp³-hybridized carbons (Fsp3) is 0.167. The lowest BCUT2D eigenvalue weighted by Crippen LogP contribution is -2.01. The third kappa shape index (κ3) is 3.03. The topological polar surface area (TPSA) is 47.0 Å². The molecule has 6 heteroatoms. The van der Waals surface area contributed by atoms with Gasteiger partial charge in [0.25, 0.3) is 0 Å². The number of anilines is 2. The van der Waals surface area contributed by atoms with E-state index in [-0.39, 0.29) is 11.2 Å². The molecule has 0 saturated carbocycles. The van der Waals surface area contributed by atoms with E-state index in [1.54, 1.807) is 0 Å². The summed E-state index contributed by atoms with van der Waals surface area (Å²) in [4.78, 5) is 7.97. The molecule has 18 heavy (non-hydrogen) atoms. The van der Waals surface area contributed by atoms with Gasteiger partial charge >= 0.3 is 0 Å². The lowest BCUT2D eigenvalue weighted by Gasteiger charge is -2.10. The molecule has 0 aliphatic rings. The third-order valence-corrected chi connectivity index (χ3v) is 2.62. The molecular weight excluding hydrogens is 273 g/mol. The predicted octanol–water partition coefficient (Wildman–Crippen LogP) is 3.93. The van der Waals surface area contributed by atoms with Crippen molar-refractivity contribution >= 4 is 34.7 Å². The monoisotopic (exact) mass is 283 g/mol. The zero-order valence-corrected chi connectivity index (χ0v) is 11.2. The molecule has 0 atom stereocenters. The van der Waals surface area contributed by atoms with Crippen LogP contribution in [0.25, 0.3) is 0 Å². The fourth-order valence-corrected chi connectivity index (χ4v) is 1.72. The molecule has 0 unspecified atom stereocenters. The minimum Gasteiger partial charge on any atom is -0.477 e. The van der Waals surface area contributed by atoms with E-state index in [2.05, 4.69) is 15.3 Å². The molecule has 0 bridgehead atoms. The maximum Gasteiger partial charge on any atom is 0.239 e. The largest absolute Gasteiger partial charge is 0.477 e. The highest BCUT2D eigenvalue weighted by atomic mass is 35.5. The van der Waals surface area contributed by atoms with Gasteiger partial charge in [-0.15, -0.1) is 0 Å². The number of hydrogen-bond donors (Lipinski definition) is 1. The zero-order chi connectivity index (χ0) is 13.0. The van der Waals surface area contributed by atoms with Crippen LogP contribution < -0.4 is 10.1 Å². The van der Waals surface area contributed by atoms with Crippen LogP contribution in [0, 0.1) is 0 Å². The van der Waals surface area contributed by atoms with Gasteiger partial charge in [0.2, 0.25) is 11.2 Å². The molecule has 0 spiro atoms. The van der Waals surface area contributed by atoms with Crippen LogP contribution in [0.15, 0.2) is 30.3 Å². The summed E-state index contributed by atoms with van der Waals surface area (Å²) < 4.78 is 5.29. The summed E-state index contributed by atoms with van der Waals surface area (Å²) in [6.45, 7) is 2.30. The Balaban J connectivity index is 2.33. The molecule has 94 valence electrons. The van der Waals surface area contributed by atoms with Crippen molar-refractivity contribution in [3.63, 3.8) is 0 Å². The number of nitrogens with zero attached hydrogens (tertiary/aromatic N) is 2. The molecular formula is C12H11Cl2N3O. The van der Waals surface area contributed by atoms with Crippen molar-refractivity contribution in [2.24, 2.45) is 0 Å². The van der Waals surface area contributed by atoms with Crippen molar-refractivity contribution in [2.45, 2.75) is 6.92 Å². The van der Waals surface area contributed by atoms with Gasteiger partial charge in [-0.1, -0.05) is 29.8 Å². The second-order valence-corrected chi connectivity index (χ2v) is 4.10. The molecule has 2 rings (SSSR count). The Morgan fingerprint density at radius 3 is 2.56 bits per heavy atom. The number of hydrogen-bond acceptors (Lipinski definition) is 4. The van der Waals surface area contributed by atoms with Crippen LogP contribution in [-0.2, 0) is 0 Å². The Kier molecular flexibility index (Phi) is 4.23. The van der Waals surface area contributed by atoms with Crippen molar-refractivity contribution in [2.75, 3.05) is 11.9 Å². The Bertz CT molecular complexity index is 534. The number of benzene rings is 1. The molecule has 0 amide bonds. The summed E-state index contributed by atoms with van der Waals surface area (Å²) in [6.07, 6.45) is 0. The molecule has 0 aliphatic heterocycles. The molecule has 1 aromatic carbocycles. The minimum absolute atomic E-state index is 0.0845. The van der Waals surface area contributed by atoms with Gasteiger partial charge in [0, 0.05) is 5.69 Å². The van der Waals surface area contributed by atoms with E-state index in [1.807, 2.05) is 37.3 Å². The summed E-state index contributed by atoms with van der Waals surface area (Å²) in [5.41, 5.74) is 0.858. The third-order valence-electron chi connectivity index (χ3n) is 2.11. The van der Waals surface area contributed by atoms with Gasteiger partial charge in [0.15, 0.2) is 5.82 Å². The summed E-state index contributed by atoms with van der Waals surface area (Å²) in [5, 5.41) is 3.46. The van der Waals surface area contributed by atoms with Crippen molar-refractivity contribution in [3.8, 4) is 5.88 Å². The van der Waals surface area contributed by atoms with Gasteiger partial charge in [-0.3, -0.25) is 0 Å². The average Bonchev–Trinajstić information content (AvgIpc) is 2.36. The van der Waals surface area contributed by atoms with Crippen LogP contribution in [0.3, 0.4) is 0 Å². The lowest BCUT2D eigenvalue weighted by atomic mass is 10.3. The molecule has 1 aromatic heterocycles. The highest BCUT2D eigenvalue weighted by Gasteiger charge is 2.13. The number of aromatic nitrogens is 2. The van der Waals surface area contributed by atoms with E-state index in [4.69, 9.17) is 27.9 Å². The normalized spacial score (nSPS) is 10.2. The molecule has 0 fully saturated rings. The Morgan fingerprint density at radius 2 is 1.89 bits per heavy atom. The second kappa shape index (κ2) is 5.89. The van der Waals surface area contributed by atoms with Crippen LogP contribution in [0.4, 0.5) is 11.5 Å². The van der Waals surface area contributed by atoms with Crippen molar-refractivity contribution in [3.05, 3.63) is 40.6 Å². The highest BCUT2D eigenvalue weighted by molar-refractivity contribution is 6.35. The maximum absolute atomic E-state index is 6.14. The highest BCUT2D eigenvalue weighted by Crippen LogP contribution is 2.32. The van der Waals surface area contributed by atoms with Crippen molar-refractivity contribution < 1.29 is 4.74 Å². The van der Waals surface area contributed by atoms with Gasteiger partial charge < -0.3 is 10.1 Å². The Labute approximate surface area is 115 Å². The molecule has 2 aromatic rings. The van der Waals surface area contributed by atoms with Gasteiger partial charge in [0.1, 0.15) is 5.02 Å². The number of halogens is 2. The summed E-state index contributed by atoms with van der Waals surface area (Å²) >= 11 is 12.0. The summed E-state index contributed by atoms with van der Waals surface area (Å²) in [5.74, 6) is 0.698. The van der Waals surface area contributed by atoms with Gasteiger partial charge in [-0.2, -0.15) is 9.97 Å². The molecule has 0 radical (unpaired) electrons. The van der Waals surface area contributed by atoms with E-state index in [9.17, 15) is 0 Å². The van der Waals surface area contributed by atoms with Crippen LogP contribution in [-0.4, -0.2) is 16.6 Å². The summed E-state index contributed by atoms with van der Waals surface area (Å²) in [6, 6.07) is 9.52. The second-order valence-electron chi connectivity index (χ2n) is 3.38. The quantitative estimate of drug-likeness (QED) is 0.864. The SMILES string of the molecule is CCOc1nc(Cl)nc(Nc2ccccc2)c1Cl. The Morgan fingerprint density at radius 1 is 1.17 bits per heavy atom. The standard InChI is InChI=1S/C12H11Cl2N3O/c1-2-18-11-9(13)10(16-12(14)17-11)15-8-6-4-3-5-7-8/h3-7H,2H2,1H3,(H,15,16,17). The van der Waals surface area contributed by atoms with E-state index in [1.165, 1.54) is 0 Å². The number of nitrogens with one attached hydrogen (secondary N) is 1. The van der Waals surface area contributed by atoms with E-state index in [0.717, 1.165) is 5.69 Å². The molecule has 0 aliphatic carbocycles. The van der Waals surface area contributed by atoms with E-state index < -0.39 is 0 Å². The maximum atomic E-state index is 6.14.